The van der Waals surface area contributed by atoms with Crippen molar-refractivity contribution >= 4 is 27.9 Å². The van der Waals surface area contributed by atoms with Crippen molar-refractivity contribution in [3.05, 3.63) is 46.6 Å². The highest BCUT2D eigenvalue weighted by atomic mass is 35.5. The summed E-state index contributed by atoms with van der Waals surface area (Å²) in [5.74, 6) is 1.19. The molecule has 2 N–H and O–H groups in total. The fourth-order valence-electron chi connectivity index (χ4n) is 1.72. The number of benzene rings is 1. The maximum atomic E-state index is 5.91. The van der Waals surface area contributed by atoms with Crippen LogP contribution in [0.1, 0.15) is 5.69 Å². The van der Waals surface area contributed by atoms with Gasteiger partial charge in [0.15, 0.2) is 4.96 Å². The van der Waals surface area contributed by atoms with Crippen LogP contribution < -0.4 is 10.5 Å². The van der Waals surface area contributed by atoms with Gasteiger partial charge in [-0.05, 0) is 18.2 Å². The van der Waals surface area contributed by atoms with E-state index in [4.69, 9.17) is 22.1 Å². The second-order valence-electron chi connectivity index (χ2n) is 3.68. The standard InChI is InChI=1S/C12H10ClN3OS/c13-8-2-1-3-9(6-8)17-11-10(7-14)16-4-5-18-12(16)15-11/h1-6H,7,14H2. The highest BCUT2D eigenvalue weighted by molar-refractivity contribution is 7.15. The van der Waals surface area contributed by atoms with Gasteiger partial charge < -0.3 is 10.5 Å². The van der Waals surface area contributed by atoms with Crippen molar-refractivity contribution in [1.29, 1.82) is 0 Å². The predicted molar refractivity (Wildman–Crippen MR) is 72.5 cm³/mol. The molecule has 6 heteroatoms. The average Bonchev–Trinajstić information content (AvgIpc) is 2.89. The second-order valence-corrected chi connectivity index (χ2v) is 4.99. The van der Waals surface area contributed by atoms with Crippen LogP contribution in [0.25, 0.3) is 4.96 Å². The van der Waals surface area contributed by atoms with Gasteiger partial charge in [0, 0.05) is 23.1 Å². The van der Waals surface area contributed by atoms with Gasteiger partial charge >= 0.3 is 0 Å². The Morgan fingerprint density at radius 2 is 2.33 bits per heavy atom. The molecular weight excluding hydrogens is 270 g/mol. The molecule has 0 atom stereocenters. The second kappa shape index (κ2) is 4.61. The van der Waals surface area contributed by atoms with E-state index in [1.54, 1.807) is 23.5 Å². The van der Waals surface area contributed by atoms with Gasteiger partial charge in [-0.1, -0.05) is 17.7 Å². The molecule has 3 aromatic rings. The van der Waals surface area contributed by atoms with E-state index in [0.717, 1.165) is 10.7 Å². The van der Waals surface area contributed by atoms with Gasteiger partial charge in [0.1, 0.15) is 11.4 Å². The third kappa shape index (κ3) is 1.96. The lowest BCUT2D eigenvalue weighted by Gasteiger charge is -2.04. The number of thiazole rings is 1. The normalized spacial score (nSPS) is 11.0. The lowest BCUT2D eigenvalue weighted by molar-refractivity contribution is 0.459. The molecule has 2 heterocycles. The number of hydrogen-bond acceptors (Lipinski definition) is 4. The van der Waals surface area contributed by atoms with Crippen molar-refractivity contribution in [3.8, 4) is 11.6 Å². The van der Waals surface area contributed by atoms with Crippen LogP contribution in [-0.4, -0.2) is 9.38 Å². The summed E-state index contributed by atoms with van der Waals surface area (Å²) in [5.41, 5.74) is 6.59. The maximum Gasteiger partial charge on any atom is 0.243 e. The van der Waals surface area contributed by atoms with Crippen molar-refractivity contribution < 1.29 is 4.74 Å². The fraction of sp³-hybridized carbons (Fsp3) is 0.0833. The third-order valence-corrected chi connectivity index (χ3v) is 3.52. The monoisotopic (exact) mass is 279 g/mol. The van der Waals surface area contributed by atoms with Gasteiger partial charge in [0.2, 0.25) is 5.88 Å². The molecule has 0 amide bonds. The molecule has 2 aromatic heterocycles. The Morgan fingerprint density at radius 1 is 1.44 bits per heavy atom. The Balaban J connectivity index is 2.01. The summed E-state index contributed by atoms with van der Waals surface area (Å²) in [6, 6.07) is 7.21. The van der Waals surface area contributed by atoms with E-state index < -0.39 is 0 Å². The minimum Gasteiger partial charge on any atom is -0.437 e. The predicted octanol–water partition coefficient (Wildman–Crippen LogP) is 3.30. The first-order chi connectivity index (χ1) is 8.78. The lowest BCUT2D eigenvalue weighted by atomic mass is 10.3. The summed E-state index contributed by atoms with van der Waals surface area (Å²) in [6.07, 6.45) is 1.93. The molecule has 1 aromatic carbocycles. The molecule has 0 bridgehead atoms. The van der Waals surface area contributed by atoms with E-state index in [1.165, 1.54) is 0 Å². The van der Waals surface area contributed by atoms with E-state index in [0.29, 0.717) is 23.2 Å². The number of ether oxygens (including phenoxy) is 1. The van der Waals surface area contributed by atoms with Gasteiger partial charge in [-0.2, -0.15) is 4.98 Å². The van der Waals surface area contributed by atoms with Crippen molar-refractivity contribution in [2.75, 3.05) is 0 Å². The molecule has 18 heavy (non-hydrogen) atoms. The van der Waals surface area contributed by atoms with Crippen LogP contribution in [0.15, 0.2) is 35.8 Å². The fourth-order valence-corrected chi connectivity index (χ4v) is 2.63. The van der Waals surface area contributed by atoms with E-state index in [-0.39, 0.29) is 0 Å². The average molecular weight is 280 g/mol. The van der Waals surface area contributed by atoms with Gasteiger partial charge in [0.05, 0.1) is 0 Å². The first-order valence-corrected chi connectivity index (χ1v) is 6.61. The molecule has 0 fully saturated rings. The van der Waals surface area contributed by atoms with Crippen molar-refractivity contribution in [2.24, 2.45) is 5.73 Å². The smallest absolute Gasteiger partial charge is 0.243 e. The van der Waals surface area contributed by atoms with Crippen LogP contribution in [0.4, 0.5) is 0 Å². The van der Waals surface area contributed by atoms with Crippen LogP contribution >= 0.6 is 22.9 Å². The van der Waals surface area contributed by atoms with E-state index >= 15 is 0 Å². The summed E-state index contributed by atoms with van der Waals surface area (Å²) in [6.45, 7) is 0.369. The summed E-state index contributed by atoms with van der Waals surface area (Å²) in [7, 11) is 0. The number of rotatable bonds is 3. The molecule has 0 aliphatic carbocycles. The number of imidazole rings is 1. The summed E-state index contributed by atoms with van der Waals surface area (Å²) < 4.78 is 7.67. The SMILES string of the molecule is NCc1c(Oc2cccc(Cl)c2)nc2sccn12. The van der Waals surface area contributed by atoms with Gasteiger partial charge in [-0.3, -0.25) is 4.40 Å². The van der Waals surface area contributed by atoms with Crippen molar-refractivity contribution in [3.63, 3.8) is 0 Å². The number of hydrogen-bond donors (Lipinski definition) is 1. The van der Waals surface area contributed by atoms with Crippen LogP contribution in [-0.2, 0) is 6.54 Å². The quantitative estimate of drug-likeness (QED) is 0.800. The van der Waals surface area contributed by atoms with E-state index in [2.05, 4.69) is 4.98 Å². The number of fused-ring (bicyclic) bond motifs is 1. The Bertz CT molecular complexity index is 692. The molecule has 0 saturated heterocycles. The third-order valence-electron chi connectivity index (χ3n) is 2.53. The number of nitrogens with zero attached hydrogens (tertiary/aromatic N) is 2. The minimum atomic E-state index is 0.369. The van der Waals surface area contributed by atoms with Crippen LogP contribution in [0.2, 0.25) is 5.02 Å². The van der Waals surface area contributed by atoms with Gasteiger partial charge in [-0.25, -0.2) is 0 Å². The molecule has 3 rings (SSSR count). The number of nitrogens with two attached hydrogens (primary N) is 1. The van der Waals surface area contributed by atoms with E-state index in [1.807, 2.05) is 28.1 Å². The summed E-state index contributed by atoms with van der Waals surface area (Å²) >= 11 is 7.46. The Morgan fingerprint density at radius 3 is 3.11 bits per heavy atom. The molecule has 4 nitrogen and oxygen atoms in total. The summed E-state index contributed by atoms with van der Waals surface area (Å²) in [4.78, 5) is 5.27. The zero-order chi connectivity index (χ0) is 12.5. The molecular formula is C12H10ClN3OS. The summed E-state index contributed by atoms with van der Waals surface area (Å²) in [5, 5.41) is 2.59. The Labute approximate surface area is 113 Å². The van der Waals surface area contributed by atoms with Crippen molar-refractivity contribution in [2.45, 2.75) is 6.54 Å². The first kappa shape index (κ1) is 11.5. The molecule has 0 aliphatic heterocycles. The molecule has 0 spiro atoms. The van der Waals surface area contributed by atoms with Gasteiger partial charge in [0.25, 0.3) is 0 Å². The highest BCUT2D eigenvalue weighted by Crippen LogP contribution is 2.28. The number of aromatic nitrogens is 2. The molecule has 0 aliphatic rings. The molecule has 0 saturated carbocycles. The number of halogens is 1. The topological polar surface area (TPSA) is 52.5 Å². The molecule has 0 radical (unpaired) electrons. The first-order valence-electron chi connectivity index (χ1n) is 5.36. The zero-order valence-corrected chi connectivity index (χ0v) is 10.9. The van der Waals surface area contributed by atoms with Crippen LogP contribution in [0.5, 0.6) is 11.6 Å². The highest BCUT2D eigenvalue weighted by Gasteiger charge is 2.13. The maximum absolute atomic E-state index is 5.91. The minimum absolute atomic E-state index is 0.369. The van der Waals surface area contributed by atoms with Crippen molar-refractivity contribution in [1.82, 2.24) is 9.38 Å². The Hall–Kier alpha value is -1.56. The van der Waals surface area contributed by atoms with Crippen LogP contribution in [0, 0.1) is 0 Å². The van der Waals surface area contributed by atoms with Crippen LogP contribution in [0.3, 0.4) is 0 Å². The Kier molecular flexibility index (Phi) is 2.95. The molecule has 92 valence electrons. The largest absolute Gasteiger partial charge is 0.437 e. The molecule has 0 unspecified atom stereocenters. The lowest BCUT2D eigenvalue weighted by Crippen LogP contribution is -2.01. The van der Waals surface area contributed by atoms with Gasteiger partial charge in [-0.15, -0.1) is 11.3 Å². The zero-order valence-electron chi connectivity index (χ0n) is 9.34. The van der Waals surface area contributed by atoms with E-state index in [9.17, 15) is 0 Å².